The summed E-state index contributed by atoms with van der Waals surface area (Å²) in [5.74, 6) is 0.0117. The normalized spacial score (nSPS) is 21.6. The number of carbonyl (C=O) groups is 1. The SMILES string of the molecule is COCC1(C(=O)Nc2ccc3ncccc3c2)CCNC1. The molecular weight excluding hydrogens is 266 g/mol. The summed E-state index contributed by atoms with van der Waals surface area (Å²) in [6.45, 7) is 1.93. The number of nitrogens with one attached hydrogen (secondary N) is 2. The van der Waals surface area contributed by atoms with Gasteiger partial charge >= 0.3 is 0 Å². The summed E-state index contributed by atoms with van der Waals surface area (Å²) in [5.41, 5.74) is 1.24. The zero-order valence-electron chi connectivity index (χ0n) is 12.1. The van der Waals surface area contributed by atoms with Gasteiger partial charge < -0.3 is 15.4 Å². The van der Waals surface area contributed by atoms with E-state index in [2.05, 4.69) is 15.6 Å². The van der Waals surface area contributed by atoms with Gasteiger partial charge in [0, 0.05) is 30.9 Å². The van der Waals surface area contributed by atoms with Crippen molar-refractivity contribution in [2.75, 3.05) is 32.1 Å². The molecule has 21 heavy (non-hydrogen) atoms. The molecule has 0 saturated carbocycles. The summed E-state index contributed by atoms with van der Waals surface area (Å²) < 4.78 is 5.25. The smallest absolute Gasteiger partial charge is 0.234 e. The van der Waals surface area contributed by atoms with Crippen molar-refractivity contribution in [2.24, 2.45) is 5.41 Å². The minimum Gasteiger partial charge on any atom is -0.384 e. The lowest BCUT2D eigenvalue weighted by Gasteiger charge is -2.26. The number of aromatic nitrogens is 1. The first kappa shape index (κ1) is 14.0. The van der Waals surface area contributed by atoms with Crippen LogP contribution in [0.2, 0.25) is 0 Å². The molecule has 1 fully saturated rings. The molecule has 2 heterocycles. The number of hydrogen-bond acceptors (Lipinski definition) is 4. The number of amides is 1. The maximum atomic E-state index is 12.6. The Bertz CT molecular complexity index is 651. The van der Waals surface area contributed by atoms with Crippen LogP contribution in [0.15, 0.2) is 36.5 Å². The minimum atomic E-state index is -0.474. The Morgan fingerprint density at radius 3 is 3.14 bits per heavy atom. The van der Waals surface area contributed by atoms with E-state index >= 15 is 0 Å². The third-order valence-corrected chi connectivity index (χ3v) is 4.01. The summed E-state index contributed by atoms with van der Waals surface area (Å²) in [7, 11) is 1.63. The number of hydrogen-bond donors (Lipinski definition) is 2. The van der Waals surface area contributed by atoms with E-state index in [1.54, 1.807) is 13.3 Å². The lowest BCUT2D eigenvalue weighted by atomic mass is 9.87. The molecule has 5 heteroatoms. The predicted octanol–water partition coefficient (Wildman–Crippen LogP) is 1.80. The van der Waals surface area contributed by atoms with Gasteiger partial charge in [0.15, 0.2) is 0 Å². The zero-order valence-corrected chi connectivity index (χ0v) is 12.1. The van der Waals surface area contributed by atoms with Crippen molar-refractivity contribution < 1.29 is 9.53 Å². The lowest BCUT2D eigenvalue weighted by Crippen LogP contribution is -2.41. The van der Waals surface area contributed by atoms with Gasteiger partial charge in [-0.25, -0.2) is 0 Å². The highest BCUT2D eigenvalue weighted by Gasteiger charge is 2.41. The largest absolute Gasteiger partial charge is 0.384 e. The first-order chi connectivity index (χ1) is 10.2. The maximum absolute atomic E-state index is 12.6. The molecule has 0 bridgehead atoms. The van der Waals surface area contributed by atoms with Crippen molar-refractivity contribution in [3.8, 4) is 0 Å². The number of ether oxygens (including phenoxy) is 1. The fourth-order valence-electron chi connectivity index (χ4n) is 2.82. The molecule has 2 N–H and O–H groups in total. The molecule has 110 valence electrons. The molecule has 1 unspecified atom stereocenters. The van der Waals surface area contributed by atoms with Crippen molar-refractivity contribution in [1.29, 1.82) is 0 Å². The molecule has 1 amide bonds. The summed E-state index contributed by atoms with van der Waals surface area (Å²) in [6.07, 6.45) is 2.56. The van der Waals surface area contributed by atoms with Crippen LogP contribution >= 0.6 is 0 Å². The number of anilines is 1. The van der Waals surface area contributed by atoms with Crippen molar-refractivity contribution in [3.63, 3.8) is 0 Å². The van der Waals surface area contributed by atoms with Crippen molar-refractivity contribution in [2.45, 2.75) is 6.42 Å². The fraction of sp³-hybridized carbons (Fsp3) is 0.375. The van der Waals surface area contributed by atoms with Gasteiger partial charge in [0.1, 0.15) is 0 Å². The van der Waals surface area contributed by atoms with Crippen LogP contribution in [0, 0.1) is 5.41 Å². The van der Waals surface area contributed by atoms with Gasteiger partial charge in [-0.3, -0.25) is 9.78 Å². The third-order valence-electron chi connectivity index (χ3n) is 4.01. The third kappa shape index (κ3) is 2.75. The van der Waals surface area contributed by atoms with E-state index in [0.717, 1.165) is 29.6 Å². The molecule has 1 aromatic heterocycles. The number of nitrogens with zero attached hydrogens (tertiary/aromatic N) is 1. The molecular formula is C16H19N3O2. The van der Waals surface area contributed by atoms with Gasteiger partial charge in [-0.2, -0.15) is 0 Å². The molecule has 1 saturated heterocycles. The van der Waals surface area contributed by atoms with E-state index in [0.29, 0.717) is 13.2 Å². The summed E-state index contributed by atoms with van der Waals surface area (Å²) >= 11 is 0. The highest BCUT2D eigenvalue weighted by molar-refractivity contribution is 5.97. The van der Waals surface area contributed by atoms with Crippen molar-refractivity contribution >= 4 is 22.5 Å². The van der Waals surface area contributed by atoms with Crippen LogP contribution in [0.5, 0.6) is 0 Å². The number of pyridine rings is 1. The Hall–Kier alpha value is -1.98. The monoisotopic (exact) mass is 285 g/mol. The van der Waals surface area contributed by atoms with E-state index < -0.39 is 5.41 Å². The number of carbonyl (C=O) groups excluding carboxylic acids is 1. The molecule has 2 aromatic rings. The second-order valence-corrected chi connectivity index (χ2v) is 5.51. The highest BCUT2D eigenvalue weighted by Crippen LogP contribution is 2.28. The molecule has 0 aliphatic carbocycles. The second kappa shape index (κ2) is 5.79. The first-order valence-electron chi connectivity index (χ1n) is 7.09. The molecule has 5 nitrogen and oxygen atoms in total. The number of fused-ring (bicyclic) bond motifs is 1. The van der Waals surface area contributed by atoms with Gasteiger partial charge in [0.05, 0.1) is 17.5 Å². The Morgan fingerprint density at radius 2 is 2.38 bits per heavy atom. The summed E-state index contributed by atoms with van der Waals surface area (Å²) in [4.78, 5) is 16.9. The topological polar surface area (TPSA) is 63.2 Å². The second-order valence-electron chi connectivity index (χ2n) is 5.51. The molecule has 0 radical (unpaired) electrons. The molecule has 1 atom stereocenters. The van der Waals surface area contributed by atoms with Gasteiger partial charge in [0.2, 0.25) is 5.91 Å². The van der Waals surface area contributed by atoms with Gasteiger partial charge in [0.25, 0.3) is 0 Å². The van der Waals surface area contributed by atoms with E-state index in [9.17, 15) is 4.79 Å². The molecule has 1 aliphatic rings. The molecule has 1 aromatic carbocycles. The van der Waals surface area contributed by atoms with E-state index in [1.165, 1.54) is 0 Å². The zero-order chi connectivity index (χ0) is 14.7. The van der Waals surface area contributed by atoms with Crippen LogP contribution in [-0.4, -0.2) is 37.7 Å². The number of methoxy groups -OCH3 is 1. The predicted molar refractivity (Wildman–Crippen MR) is 82.2 cm³/mol. The van der Waals surface area contributed by atoms with E-state index in [1.807, 2.05) is 30.3 Å². The average molecular weight is 285 g/mol. The fourth-order valence-corrected chi connectivity index (χ4v) is 2.82. The minimum absolute atomic E-state index is 0.0117. The molecule has 0 spiro atoms. The Labute approximate surface area is 123 Å². The Kier molecular flexibility index (Phi) is 3.86. The molecule has 3 rings (SSSR count). The van der Waals surface area contributed by atoms with E-state index in [4.69, 9.17) is 4.74 Å². The van der Waals surface area contributed by atoms with Crippen molar-refractivity contribution in [1.82, 2.24) is 10.3 Å². The van der Waals surface area contributed by atoms with Crippen LogP contribution in [0.25, 0.3) is 10.9 Å². The summed E-state index contributed by atoms with van der Waals surface area (Å²) in [6, 6.07) is 9.63. The average Bonchev–Trinajstić information content (AvgIpc) is 2.97. The quantitative estimate of drug-likeness (QED) is 0.899. The van der Waals surface area contributed by atoms with Crippen LogP contribution in [0.1, 0.15) is 6.42 Å². The number of rotatable bonds is 4. The van der Waals surface area contributed by atoms with Crippen molar-refractivity contribution in [3.05, 3.63) is 36.5 Å². The maximum Gasteiger partial charge on any atom is 0.234 e. The van der Waals surface area contributed by atoms with Crippen LogP contribution in [0.3, 0.4) is 0 Å². The number of benzene rings is 1. The van der Waals surface area contributed by atoms with E-state index in [-0.39, 0.29) is 5.91 Å². The Morgan fingerprint density at radius 1 is 1.48 bits per heavy atom. The molecule has 1 aliphatic heterocycles. The standard InChI is InChI=1S/C16H19N3O2/c1-21-11-16(6-8-17-10-16)15(20)19-13-4-5-14-12(9-13)3-2-7-18-14/h2-5,7,9,17H,6,8,10-11H2,1H3,(H,19,20). The van der Waals surface area contributed by atoms with Crippen LogP contribution in [-0.2, 0) is 9.53 Å². The van der Waals surface area contributed by atoms with Crippen LogP contribution in [0.4, 0.5) is 5.69 Å². The highest BCUT2D eigenvalue weighted by atomic mass is 16.5. The van der Waals surface area contributed by atoms with Gasteiger partial charge in [-0.1, -0.05) is 6.07 Å². The summed E-state index contributed by atoms with van der Waals surface area (Å²) in [5, 5.41) is 7.27. The van der Waals surface area contributed by atoms with Gasteiger partial charge in [-0.05, 0) is 37.2 Å². The first-order valence-corrected chi connectivity index (χ1v) is 7.09. The van der Waals surface area contributed by atoms with Crippen LogP contribution < -0.4 is 10.6 Å². The van der Waals surface area contributed by atoms with Gasteiger partial charge in [-0.15, -0.1) is 0 Å². The lowest BCUT2D eigenvalue weighted by molar-refractivity contribution is -0.127. The Balaban J connectivity index is 1.82.